The summed E-state index contributed by atoms with van der Waals surface area (Å²) in [7, 11) is 0. The molecule has 2 aromatic carbocycles. The SMILES string of the molecule is C[C@@H](NC(=O)CSc1nc2ccccc2c(=O)n1-c1ccc(F)cc1F)C1CC1. The van der Waals surface area contributed by atoms with Crippen molar-refractivity contribution in [3.05, 3.63) is 64.5 Å². The Morgan fingerprint density at radius 3 is 2.76 bits per heavy atom. The third-order valence-electron chi connectivity index (χ3n) is 4.95. The number of halogens is 2. The maximum Gasteiger partial charge on any atom is 0.266 e. The number of hydrogen-bond donors (Lipinski definition) is 1. The molecule has 1 heterocycles. The highest BCUT2D eigenvalue weighted by Gasteiger charge is 2.29. The first kappa shape index (κ1) is 19.6. The second-order valence-corrected chi connectivity index (χ2v) is 8.07. The van der Waals surface area contributed by atoms with E-state index < -0.39 is 17.2 Å². The van der Waals surface area contributed by atoms with Gasteiger partial charge in [0.2, 0.25) is 5.91 Å². The molecule has 1 aliphatic rings. The summed E-state index contributed by atoms with van der Waals surface area (Å²) >= 11 is 1.05. The molecule has 3 aromatic rings. The molecule has 1 aliphatic carbocycles. The van der Waals surface area contributed by atoms with Crippen molar-refractivity contribution in [1.29, 1.82) is 0 Å². The van der Waals surface area contributed by atoms with Crippen LogP contribution in [0.1, 0.15) is 19.8 Å². The van der Waals surface area contributed by atoms with Gasteiger partial charge >= 0.3 is 0 Å². The van der Waals surface area contributed by atoms with Crippen LogP contribution in [0, 0.1) is 17.6 Å². The summed E-state index contributed by atoms with van der Waals surface area (Å²) in [6.07, 6.45) is 2.23. The second kappa shape index (κ2) is 7.94. The topological polar surface area (TPSA) is 64.0 Å². The van der Waals surface area contributed by atoms with E-state index in [1.54, 1.807) is 24.3 Å². The molecule has 0 bridgehead atoms. The number of nitrogens with zero attached hydrogens (tertiary/aromatic N) is 2. The molecule has 8 heteroatoms. The number of fused-ring (bicyclic) bond motifs is 1. The van der Waals surface area contributed by atoms with Crippen LogP contribution < -0.4 is 10.9 Å². The van der Waals surface area contributed by atoms with Crippen molar-refractivity contribution in [3.8, 4) is 5.69 Å². The van der Waals surface area contributed by atoms with Crippen LogP contribution in [0.3, 0.4) is 0 Å². The van der Waals surface area contributed by atoms with E-state index in [-0.39, 0.29) is 28.5 Å². The van der Waals surface area contributed by atoms with Crippen LogP contribution in [0.4, 0.5) is 8.78 Å². The minimum Gasteiger partial charge on any atom is -0.353 e. The van der Waals surface area contributed by atoms with Crippen molar-refractivity contribution in [2.24, 2.45) is 5.92 Å². The van der Waals surface area contributed by atoms with Crippen molar-refractivity contribution in [2.45, 2.75) is 31.0 Å². The van der Waals surface area contributed by atoms with E-state index in [4.69, 9.17) is 0 Å². The summed E-state index contributed by atoms with van der Waals surface area (Å²) in [5.74, 6) is -1.24. The number of carbonyl (C=O) groups excluding carboxylic acids is 1. The highest BCUT2D eigenvalue weighted by Crippen LogP contribution is 2.32. The number of aromatic nitrogens is 2. The van der Waals surface area contributed by atoms with Crippen LogP contribution in [0.15, 0.2) is 52.4 Å². The first-order valence-corrected chi connectivity index (χ1v) is 10.3. The predicted octanol–water partition coefficient (Wildman–Crippen LogP) is 3.67. The lowest BCUT2D eigenvalue weighted by Gasteiger charge is -2.15. The van der Waals surface area contributed by atoms with Crippen LogP contribution in [0.5, 0.6) is 0 Å². The Labute approximate surface area is 170 Å². The van der Waals surface area contributed by atoms with E-state index in [1.165, 1.54) is 6.07 Å². The largest absolute Gasteiger partial charge is 0.353 e. The summed E-state index contributed by atoms with van der Waals surface area (Å²) in [6.45, 7) is 1.97. The van der Waals surface area contributed by atoms with Crippen molar-refractivity contribution in [3.63, 3.8) is 0 Å². The summed E-state index contributed by atoms with van der Waals surface area (Å²) in [4.78, 5) is 29.8. The Bertz CT molecular complexity index is 1140. The van der Waals surface area contributed by atoms with E-state index in [9.17, 15) is 18.4 Å². The lowest BCUT2D eigenvalue weighted by molar-refractivity contribution is -0.119. The molecule has 1 aromatic heterocycles. The normalized spacial score (nSPS) is 14.7. The van der Waals surface area contributed by atoms with Gasteiger partial charge in [0.1, 0.15) is 11.6 Å². The van der Waals surface area contributed by atoms with Crippen LogP contribution in [0.2, 0.25) is 0 Å². The number of nitrogens with one attached hydrogen (secondary N) is 1. The Balaban J connectivity index is 1.71. The van der Waals surface area contributed by atoms with Gasteiger partial charge in [0.25, 0.3) is 5.56 Å². The zero-order valence-electron chi connectivity index (χ0n) is 15.7. The summed E-state index contributed by atoms with van der Waals surface area (Å²) < 4.78 is 28.9. The number of thioether (sulfide) groups is 1. The molecule has 1 amide bonds. The van der Waals surface area contributed by atoms with Gasteiger partial charge in [0.15, 0.2) is 5.16 Å². The molecule has 0 radical (unpaired) electrons. The van der Waals surface area contributed by atoms with Gasteiger partial charge < -0.3 is 5.32 Å². The molecule has 0 saturated heterocycles. The molecule has 1 saturated carbocycles. The standard InChI is InChI=1S/C21H19F2N3O2S/c1-12(13-6-7-13)24-19(27)11-29-21-25-17-5-3-2-4-15(17)20(28)26(21)18-9-8-14(22)10-16(18)23/h2-5,8-10,12-13H,6-7,11H2,1H3,(H,24,27)/t12-/m1/s1. The predicted molar refractivity (Wildman–Crippen MR) is 108 cm³/mol. The van der Waals surface area contributed by atoms with E-state index in [1.807, 2.05) is 6.92 Å². The zero-order valence-corrected chi connectivity index (χ0v) is 16.5. The van der Waals surface area contributed by atoms with Gasteiger partial charge in [-0.3, -0.25) is 14.2 Å². The molecule has 29 heavy (non-hydrogen) atoms. The molecule has 5 nitrogen and oxygen atoms in total. The lowest BCUT2D eigenvalue weighted by Crippen LogP contribution is -2.35. The number of carbonyl (C=O) groups is 1. The van der Waals surface area contributed by atoms with Crippen LogP contribution in [-0.2, 0) is 4.79 Å². The second-order valence-electron chi connectivity index (χ2n) is 7.13. The number of rotatable bonds is 6. The van der Waals surface area contributed by atoms with Gasteiger partial charge in [-0.05, 0) is 49.9 Å². The third-order valence-corrected chi connectivity index (χ3v) is 5.88. The Morgan fingerprint density at radius 2 is 2.03 bits per heavy atom. The first-order chi connectivity index (χ1) is 13.9. The number of benzene rings is 2. The van der Waals surface area contributed by atoms with Crippen LogP contribution >= 0.6 is 11.8 Å². The van der Waals surface area contributed by atoms with E-state index in [0.29, 0.717) is 16.8 Å². The minimum absolute atomic E-state index is 0.0324. The van der Waals surface area contributed by atoms with Crippen molar-refractivity contribution < 1.29 is 13.6 Å². The quantitative estimate of drug-likeness (QED) is 0.493. The first-order valence-electron chi connectivity index (χ1n) is 9.33. The molecule has 1 fully saturated rings. The minimum atomic E-state index is -0.877. The molecule has 0 spiro atoms. The van der Waals surface area contributed by atoms with Gasteiger partial charge in [-0.1, -0.05) is 23.9 Å². The van der Waals surface area contributed by atoms with E-state index in [2.05, 4.69) is 10.3 Å². The zero-order chi connectivity index (χ0) is 20.5. The number of para-hydroxylation sites is 1. The van der Waals surface area contributed by atoms with Crippen molar-refractivity contribution in [1.82, 2.24) is 14.9 Å². The lowest BCUT2D eigenvalue weighted by atomic mass is 10.2. The van der Waals surface area contributed by atoms with E-state index >= 15 is 0 Å². The highest BCUT2D eigenvalue weighted by atomic mass is 32.2. The van der Waals surface area contributed by atoms with Crippen molar-refractivity contribution in [2.75, 3.05) is 5.75 Å². The maximum absolute atomic E-state index is 14.4. The fraction of sp³-hybridized carbons (Fsp3) is 0.286. The molecule has 0 unspecified atom stereocenters. The molecular weight excluding hydrogens is 396 g/mol. The van der Waals surface area contributed by atoms with E-state index in [0.717, 1.165) is 41.3 Å². The molecule has 4 rings (SSSR count). The summed E-state index contributed by atoms with van der Waals surface area (Å²) in [6, 6.07) is 9.81. The van der Waals surface area contributed by atoms with Crippen molar-refractivity contribution >= 4 is 28.6 Å². The fourth-order valence-electron chi connectivity index (χ4n) is 3.22. The summed E-state index contributed by atoms with van der Waals surface area (Å²) in [5, 5.41) is 3.43. The molecule has 1 atom stereocenters. The number of amides is 1. The average Bonchev–Trinajstić information content (AvgIpc) is 3.53. The Kier molecular flexibility index (Phi) is 5.36. The average molecular weight is 415 g/mol. The number of hydrogen-bond acceptors (Lipinski definition) is 4. The monoisotopic (exact) mass is 415 g/mol. The molecule has 1 N–H and O–H groups in total. The van der Waals surface area contributed by atoms with Gasteiger partial charge in [-0.15, -0.1) is 0 Å². The third kappa shape index (κ3) is 4.17. The maximum atomic E-state index is 14.4. The Morgan fingerprint density at radius 1 is 1.28 bits per heavy atom. The van der Waals surface area contributed by atoms with Gasteiger partial charge in [-0.2, -0.15) is 0 Å². The molecule has 150 valence electrons. The van der Waals surface area contributed by atoms with Gasteiger partial charge in [-0.25, -0.2) is 13.8 Å². The molecular formula is C21H19F2N3O2S. The van der Waals surface area contributed by atoms with Crippen LogP contribution in [0.25, 0.3) is 16.6 Å². The smallest absolute Gasteiger partial charge is 0.266 e. The van der Waals surface area contributed by atoms with Crippen LogP contribution in [-0.4, -0.2) is 27.3 Å². The van der Waals surface area contributed by atoms with Gasteiger partial charge in [0, 0.05) is 12.1 Å². The highest BCUT2D eigenvalue weighted by molar-refractivity contribution is 7.99. The summed E-state index contributed by atoms with van der Waals surface area (Å²) in [5.41, 5.74) is -0.134. The molecule has 0 aliphatic heterocycles. The van der Waals surface area contributed by atoms with Gasteiger partial charge in [0.05, 0.1) is 22.3 Å². The Hall–Kier alpha value is -2.74. The fourth-order valence-corrected chi connectivity index (χ4v) is 4.04.